The van der Waals surface area contributed by atoms with Crippen molar-refractivity contribution < 1.29 is 23.8 Å². The molecule has 1 aliphatic carbocycles. The number of allylic oxidation sites excluding steroid dienone is 3. The fourth-order valence-corrected chi connectivity index (χ4v) is 5.46. The van der Waals surface area contributed by atoms with E-state index in [0.717, 1.165) is 21.3 Å². The van der Waals surface area contributed by atoms with Gasteiger partial charge in [0, 0.05) is 41.4 Å². The fraction of sp³-hybridized carbons (Fsp3) is 0.333. The minimum Gasteiger partial charge on any atom is -0.496 e. The van der Waals surface area contributed by atoms with Crippen LogP contribution in [-0.4, -0.2) is 39.2 Å². The Kier molecular flexibility index (Phi) is 7.99. The Morgan fingerprint density at radius 3 is 2.46 bits per heavy atom. The molecule has 2 aliphatic rings. The van der Waals surface area contributed by atoms with E-state index in [-0.39, 0.29) is 18.3 Å². The van der Waals surface area contributed by atoms with Gasteiger partial charge in [0.25, 0.3) is 0 Å². The number of esters is 1. The zero-order chi connectivity index (χ0) is 25.1. The molecule has 4 rings (SSSR count). The number of ether oxygens (including phenoxy) is 3. The Bertz CT molecular complexity index is 1200. The van der Waals surface area contributed by atoms with Crippen molar-refractivity contribution in [1.82, 2.24) is 5.32 Å². The molecule has 0 radical (unpaired) electrons. The van der Waals surface area contributed by atoms with Crippen LogP contribution >= 0.6 is 27.5 Å². The lowest BCUT2D eigenvalue weighted by molar-refractivity contribution is -0.140. The second-order valence-electron chi connectivity index (χ2n) is 8.59. The molecule has 35 heavy (non-hydrogen) atoms. The fourth-order valence-electron chi connectivity index (χ4n) is 4.77. The summed E-state index contributed by atoms with van der Waals surface area (Å²) in [5.74, 6) is -0.326. The quantitative estimate of drug-likeness (QED) is 0.348. The molecule has 0 aromatic heterocycles. The third-order valence-electron chi connectivity index (χ3n) is 6.42. The monoisotopic (exact) mass is 559 g/mol. The number of benzene rings is 2. The van der Waals surface area contributed by atoms with Crippen LogP contribution in [0.1, 0.15) is 42.7 Å². The van der Waals surface area contributed by atoms with Crippen molar-refractivity contribution in [3.05, 3.63) is 85.6 Å². The number of halogens is 2. The van der Waals surface area contributed by atoms with Gasteiger partial charge < -0.3 is 19.5 Å². The number of Topliss-reactive ketones (excluding diaryl/α,β-unsaturated/α-hetero) is 1. The number of hydrogen-bond acceptors (Lipinski definition) is 6. The molecular formula is C27H27BrClNO5. The van der Waals surface area contributed by atoms with Gasteiger partial charge in [-0.05, 0) is 70.6 Å². The smallest absolute Gasteiger partial charge is 0.336 e. The predicted octanol–water partition coefficient (Wildman–Crippen LogP) is 5.66. The van der Waals surface area contributed by atoms with Crippen molar-refractivity contribution >= 4 is 39.3 Å². The van der Waals surface area contributed by atoms with E-state index in [1.807, 2.05) is 49.4 Å². The van der Waals surface area contributed by atoms with Crippen LogP contribution < -0.4 is 10.1 Å². The summed E-state index contributed by atoms with van der Waals surface area (Å²) in [5, 5.41) is 4.02. The van der Waals surface area contributed by atoms with Gasteiger partial charge in [0.05, 0.1) is 23.8 Å². The van der Waals surface area contributed by atoms with Crippen LogP contribution in [0.4, 0.5) is 0 Å². The highest BCUT2D eigenvalue weighted by Crippen LogP contribution is 2.46. The van der Waals surface area contributed by atoms with Crippen molar-refractivity contribution in [3.63, 3.8) is 0 Å². The van der Waals surface area contributed by atoms with Gasteiger partial charge in [0.2, 0.25) is 0 Å². The van der Waals surface area contributed by atoms with Crippen molar-refractivity contribution in [2.24, 2.45) is 0 Å². The Balaban J connectivity index is 1.77. The van der Waals surface area contributed by atoms with Crippen molar-refractivity contribution in [2.45, 2.75) is 31.6 Å². The number of ketones is 1. The molecule has 2 aromatic carbocycles. The van der Waals surface area contributed by atoms with Gasteiger partial charge in [-0.1, -0.05) is 29.8 Å². The topological polar surface area (TPSA) is 73.9 Å². The third kappa shape index (κ3) is 5.32. The zero-order valence-corrected chi connectivity index (χ0v) is 22.2. The summed E-state index contributed by atoms with van der Waals surface area (Å²) in [6.45, 7) is 2.27. The number of dihydropyridines is 1. The number of rotatable bonds is 7. The summed E-state index contributed by atoms with van der Waals surface area (Å²) in [7, 11) is 3.14. The average Bonchev–Trinajstić information content (AvgIpc) is 2.83. The zero-order valence-electron chi connectivity index (χ0n) is 19.8. The summed E-state index contributed by atoms with van der Waals surface area (Å²) in [5.41, 5.74) is 4.41. The molecule has 2 aromatic rings. The first-order valence-corrected chi connectivity index (χ1v) is 12.5. The van der Waals surface area contributed by atoms with Gasteiger partial charge >= 0.3 is 5.97 Å². The van der Waals surface area contributed by atoms with E-state index in [1.165, 1.54) is 0 Å². The first-order valence-electron chi connectivity index (χ1n) is 11.3. The summed E-state index contributed by atoms with van der Waals surface area (Å²) < 4.78 is 16.6. The first-order chi connectivity index (χ1) is 16.8. The maximum Gasteiger partial charge on any atom is 0.336 e. The Morgan fingerprint density at radius 1 is 1.09 bits per heavy atom. The normalized spacial score (nSPS) is 19.9. The Hall–Kier alpha value is -2.61. The molecule has 0 fully saturated rings. The Morgan fingerprint density at radius 2 is 1.80 bits per heavy atom. The summed E-state index contributed by atoms with van der Waals surface area (Å²) in [6, 6.07) is 13.2. The molecule has 0 unspecified atom stereocenters. The lowest BCUT2D eigenvalue weighted by Gasteiger charge is -2.36. The van der Waals surface area contributed by atoms with Crippen LogP contribution in [0.25, 0.3) is 0 Å². The van der Waals surface area contributed by atoms with Gasteiger partial charge in [-0.15, -0.1) is 0 Å². The standard InChI is InChI=1S/C27H27BrClNO5/c1-15-24(27(32)35-11-10-33-2)25(17-6-9-23(34-3)20(28)12-17)26-21(30-15)13-18(14-22(26)31)16-4-7-19(29)8-5-16/h4-9,12,18,25,30H,10-11,13-14H2,1-3H3/t18-,25-/m0/s1. The molecule has 184 valence electrons. The Labute approximate surface area is 218 Å². The van der Waals surface area contributed by atoms with E-state index in [9.17, 15) is 9.59 Å². The minimum absolute atomic E-state index is 0.00494. The maximum absolute atomic E-state index is 13.7. The molecule has 0 amide bonds. The van der Waals surface area contributed by atoms with E-state index < -0.39 is 11.9 Å². The lowest BCUT2D eigenvalue weighted by Crippen LogP contribution is -2.36. The summed E-state index contributed by atoms with van der Waals surface area (Å²) in [6.07, 6.45) is 1.00. The van der Waals surface area contributed by atoms with Gasteiger partial charge in [-0.2, -0.15) is 0 Å². The summed E-state index contributed by atoms with van der Waals surface area (Å²) >= 11 is 9.61. The first kappa shape index (κ1) is 25.5. The van der Waals surface area contributed by atoms with Crippen LogP contribution in [0.5, 0.6) is 5.75 Å². The van der Waals surface area contributed by atoms with Crippen LogP contribution in [0.2, 0.25) is 5.02 Å². The molecule has 1 aliphatic heterocycles. The van der Waals surface area contributed by atoms with Crippen LogP contribution in [0, 0.1) is 0 Å². The van der Waals surface area contributed by atoms with Gasteiger partial charge in [-0.3, -0.25) is 4.79 Å². The van der Waals surface area contributed by atoms with Gasteiger partial charge in [-0.25, -0.2) is 4.79 Å². The highest BCUT2D eigenvalue weighted by atomic mass is 79.9. The molecule has 8 heteroatoms. The van der Waals surface area contributed by atoms with Gasteiger partial charge in [0.15, 0.2) is 5.78 Å². The average molecular weight is 561 g/mol. The number of methoxy groups -OCH3 is 2. The lowest BCUT2D eigenvalue weighted by atomic mass is 9.71. The predicted molar refractivity (Wildman–Crippen MR) is 138 cm³/mol. The van der Waals surface area contributed by atoms with Crippen molar-refractivity contribution in [1.29, 1.82) is 0 Å². The molecule has 2 atom stereocenters. The number of hydrogen-bond donors (Lipinski definition) is 1. The van der Waals surface area contributed by atoms with Crippen molar-refractivity contribution in [3.8, 4) is 5.75 Å². The number of carbonyl (C=O) groups excluding carboxylic acids is 2. The van der Waals surface area contributed by atoms with Crippen molar-refractivity contribution in [2.75, 3.05) is 27.4 Å². The third-order valence-corrected chi connectivity index (χ3v) is 7.29. The van der Waals surface area contributed by atoms with E-state index in [1.54, 1.807) is 14.2 Å². The van der Waals surface area contributed by atoms with E-state index in [4.69, 9.17) is 25.8 Å². The molecule has 0 bridgehead atoms. The highest BCUT2D eigenvalue weighted by molar-refractivity contribution is 9.10. The molecule has 0 spiro atoms. The number of nitrogens with one attached hydrogen (secondary N) is 1. The maximum atomic E-state index is 13.7. The molecule has 6 nitrogen and oxygen atoms in total. The molecule has 1 heterocycles. The molecule has 1 N–H and O–H groups in total. The minimum atomic E-state index is -0.554. The second-order valence-corrected chi connectivity index (χ2v) is 9.88. The van der Waals surface area contributed by atoms with E-state index in [2.05, 4.69) is 21.2 Å². The van der Waals surface area contributed by atoms with Crippen LogP contribution in [-0.2, 0) is 19.1 Å². The number of carbonyl (C=O) groups is 2. The van der Waals surface area contributed by atoms with Crippen LogP contribution in [0.3, 0.4) is 0 Å². The van der Waals surface area contributed by atoms with E-state index in [0.29, 0.717) is 47.1 Å². The summed E-state index contributed by atoms with van der Waals surface area (Å²) in [4.78, 5) is 26.9. The SMILES string of the molecule is COCCOC(=O)C1=C(C)NC2=C(C(=O)C[C@@H](c3ccc(Cl)cc3)C2)[C@H]1c1ccc(OC)c(Br)c1. The van der Waals surface area contributed by atoms with Crippen LogP contribution in [0.15, 0.2) is 69.5 Å². The largest absolute Gasteiger partial charge is 0.496 e. The second kappa shape index (κ2) is 11.0. The molecule has 0 saturated carbocycles. The van der Waals surface area contributed by atoms with E-state index >= 15 is 0 Å². The molecule has 0 saturated heterocycles. The highest BCUT2D eigenvalue weighted by Gasteiger charge is 2.41. The van der Waals surface area contributed by atoms with Gasteiger partial charge in [0.1, 0.15) is 12.4 Å². The molecular weight excluding hydrogens is 534 g/mol.